The van der Waals surface area contributed by atoms with Crippen LogP contribution in [0.15, 0.2) is 0 Å². The number of piperazine rings is 1. The molecule has 0 radical (unpaired) electrons. The molecule has 1 spiro atoms. The number of nitrogens with one attached hydrogen (secondary N) is 1. The van der Waals surface area contributed by atoms with Crippen molar-refractivity contribution in [2.75, 3.05) is 19.6 Å². The SMILES string of the molecule is CCCCCCCN1CC(C)NCC12CCCC2. The van der Waals surface area contributed by atoms with Crippen molar-refractivity contribution < 1.29 is 0 Å². The van der Waals surface area contributed by atoms with E-state index in [0.717, 1.165) is 0 Å². The van der Waals surface area contributed by atoms with Gasteiger partial charge in [0.05, 0.1) is 0 Å². The van der Waals surface area contributed by atoms with E-state index in [4.69, 9.17) is 0 Å². The third-order valence-corrected chi connectivity index (χ3v) is 5.01. The normalized spacial score (nSPS) is 28.0. The first-order chi connectivity index (χ1) is 8.77. The van der Waals surface area contributed by atoms with Gasteiger partial charge in [0.1, 0.15) is 0 Å². The summed E-state index contributed by atoms with van der Waals surface area (Å²) in [4.78, 5) is 2.84. The summed E-state index contributed by atoms with van der Waals surface area (Å²) < 4.78 is 0. The summed E-state index contributed by atoms with van der Waals surface area (Å²) in [6, 6.07) is 0.687. The van der Waals surface area contributed by atoms with Crippen LogP contribution in [0.2, 0.25) is 0 Å². The highest BCUT2D eigenvalue weighted by atomic mass is 15.3. The van der Waals surface area contributed by atoms with Crippen LogP contribution in [0.5, 0.6) is 0 Å². The first-order valence-electron chi connectivity index (χ1n) is 8.25. The maximum atomic E-state index is 3.71. The number of unbranched alkanes of at least 4 members (excludes halogenated alkanes) is 4. The molecule has 1 saturated carbocycles. The molecule has 2 aliphatic rings. The van der Waals surface area contributed by atoms with E-state index in [9.17, 15) is 0 Å². The summed E-state index contributed by atoms with van der Waals surface area (Å²) in [5.74, 6) is 0. The fraction of sp³-hybridized carbons (Fsp3) is 1.00. The fourth-order valence-electron chi connectivity index (χ4n) is 3.83. The molecule has 0 aromatic rings. The molecule has 2 heteroatoms. The van der Waals surface area contributed by atoms with Crippen molar-refractivity contribution in [3.63, 3.8) is 0 Å². The van der Waals surface area contributed by atoms with E-state index in [1.54, 1.807) is 0 Å². The standard InChI is InChI=1S/C16H32N2/c1-3-4-5-6-9-12-18-13-15(2)17-14-16(18)10-7-8-11-16/h15,17H,3-14H2,1-2H3. The molecule has 2 fully saturated rings. The summed E-state index contributed by atoms with van der Waals surface area (Å²) in [7, 11) is 0. The lowest BCUT2D eigenvalue weighted by Gasteiger charge is -2.48. The van der Waals surface area contributed by atoms with Crippen LogP contribution < -0.4 is 5.32 Å². The number of hydrogen-bond donors (Lipinski definition) is 1. The molecule has 2 rings (SSSR count). The van der Waals surface area contributed by atoms with Crippen LogP contribution in [0.25, 0.3) is 0 Å². The molecular weight excluding hydrogens is 220 g/mol. The first kappa shape index (κ1) is 14.3. The van der Waals surface area contributed by atoms with Gasteiger partial charge < -0.3 is 5.32 Å². The van der Waals surface area contributed by atoms with Gasteiger partial charge in [0.25, 0.3) is 0 Å². The topological polar surface area (TPSA) is 15.3 Å². The van der Waals surface area contributed by atoms with E-state index in [0.29, 0.717) is 11.6 Å². The molecule has 1 N–H and O–H groups in total. The zero-order chi connectivity index (χ0) is 12.8. The van der Waals surface area contributed by atoms with Gasteiger partial charge in [0, 0.05) is 24.7 Å². The van der Waals surface area contributed by atoms with Gasteiger partial charge in [0.15, 0.2) is 0 Å². The lowest BCUT2D eigenvalue weighted by Crippen LogP contribution is -2.62. The van der Waals surface area contributed by atoms with Crippen LogP contribution in [0.3, 0.4) is 0 Å². The summed E-state index contributed by atoms with van der Waals surface area (Å²) >= 11 is 0. The van der Waals surface area contributed by atoms with Crippen molar-refractivity contribution in [3.8, 4) is 0 Å². The van der Waals surface area contributed by atoms with Crippen molar-refractivity contribution in [1.82, 2.24) is 10.2 Å². The second-order valence-electron chi connectivity index (χ2n) is 6.57. The Hall–Kier alpha value is -0.0800. The summed E-state index contributed by atoms with van der Waals surface area (Å²) in [5.41, 5.74) is 0.539. The van der Waals surface area contributed by atoms with Crippen LogP contribution in [-0.2, 0) is 0 Å². The lowest BCUT2D eigenvalue weighted by atomic mass is 9.90. The maximum Gasteiger partial charge on any atom is 0.0334 e. The van der Waals surface area contributed by atoms with Gasteiger partial charge in [-0.3, -0.25) is 4.90 Å². The molecule has 0 bridgehead atoms. The molecule has 18 heavy (non-hydrogen) atoms. The minimum absolute atomic E-state index is 0.539. The van der Waals surface area contributed by atoms with Crippen molar-refractivity contribution in [3.05, 3.63) is 0 Å². The van der Waals surface area contributed by atoms with Crippen molar-refractivity contribution in [2.24, 2.45) is 0 Å². The van der Waals surface area contributed by atoms with Gasteiger partial charge >= 0.3 is 0 Å². The average Bonchev–Trinajstić information content (AvgIpc) is 2.83. The quantitative estimate of drug-likeness (QED) is 0.727. The number of rotatable bonds is 6. The minimum Gasteiger partial charge on any atom is -0.311 e. The largest absolute Gasteiger partial charge is 0.311 e. The Bertz CT molecular complexity index is 233. The summed E-state index contributed by atoms with van der Waals surface area (Å²) in [5, 5.41) is 3.71. The highest BCUT2D eigenvalue weighted by molar-refractivity contribution is 5.00. The molecule has 1 heterocycles. The third kappa shape index (κ3) is 3.48. The van der Waals surface area contributed by atoms with E-state index < -0.39 is 0 Å². The molecule has 1 unspecified atom stereocenters. The summed E-state index contributed by atoms with van der Waals surface area (Å²) in [6.07, 6.45) is 12.8. The Morgan fingerprint density at radius 2 is 1.83 bits per heavy atom. The van der Waals surface area contributed by atoms with Gasteiger partial charge in [-0.2, -0.15) is 0 Å². The number of hydrogen-bond acceptors (Lipinski definition) is 2. The van der Waals surface area contributed by atoms with Crippen LogP contribution in [0, 0.1) is 0 Å². The van der Waals surface area contributed by atoms with Gasteiger partial charge in [-0.25, -0.2) is 0 Å². The molecule has 1 aliphatic carbocycles. The van der Waals surface area contributed by atoms with Gasteiger partial charge in [-0.1, -0.05) is 45.4 Å². The Balaban J connectivity index is 1.78. The molecule has 1 atom stereocenters. The monoisotopic (exact) mass is 252 g/mol. The molecule has 106 valence electrons. The molecule has 2 nitrogen and oxygen atoms in total. The van der Waals surface area contributed by atoms with E-state index in [-0.39, 0.29) is 0 Å². The van der Waals surface area contributed by atoms with Gasteiger partial charge in [-0.15, -0.1) is 0 Å². The highest BCUT2D eigenvalue weighted by Crippen LogP contribution is 2.36. The molecule has 0 aromatic carbocycles. The Labute approximate surface area is 114 Å². The molecule has 0 amide bonds. The van der Waals surface area contributed by atoms with Crippen molar-refractivity contribution in [2.45, 2.75) is 83.2 Å². The van der Waals surface area contributed by atoms with E-state index >= 15 is 0 Å². The van der Waals surface area contributed by atoms with Crippen LogP contribution >= 0.6 is 0 Å². The van der Waals surface area contributed by atoms with E-state index in [2.05, 4.69) is 24.1 Å². The zero-order valence-electron chi connectivity index (χ0n) is 12.5. The van der Waals surface area contributed by atoms with Crippen molar-refractivity contribution >= 4 is 0 Å². The number of nitrogens with zero attached hydrogens (tertiary/aromatic N) is 1. The smallest absolute Gasteiger partial charge is 0.0334 e. The van der Waals surface area contributed by atoms with Crippen LogP contribution in [0.4, 0.5) is 0 Å². The lowest BCUT2D eigenvalue weighted by molar-refractivity contribution is 0.0450. The van der Waals surface area contributed by atoms with Crippen molar-refractivity contribution in [1.29, 1.82) is 0 Å². The second kappa shape index (κ2) is 6.91. The Morgan fingerprint density at radius 3 is 2.56 bits per heavy atom. The second-order valence-corrected chi connectivity index (χ2v) is 6.57. The zero-order valence-corrected chi connectivity index (χ0v) is 12.5. The average molecular weight is 252 g/mol. The van der Waals surface area contributed by atoms with Gasteiger partial charge in [0.2, 0.25) is 0 Å². The first-order valence-corrected chi connectivity index (χ1v) is 8.25. The Morgan fingerprint density at radius 1 is 1.11 bits per heavy atom. The molecular formula is C16H32N2. The molecule has 1 aliphatic heterocycles. The molecule has 1 saturated heterocycles. The fourth-order valence-corrected chi connectivity index (χ4v) is 3.83. The van der Waals surface area contributed by atoms with Crippen LogP contribution in [-0.4, -0.2) is 36.1 Å². The highest BCUT2D eigenvalue weighted by Gasteiger charge is 2.42. The van der Waals surface area contributed by atoms with E-state index in [1.807, 2.05) is 0 Å². The third-order valence-electron chi connectivity index (χ3n) is 5.01. The predicted molar refractivity (Wildman–Crippen MR) is 79.0 cm³/mol. The summed E-state index contributed by atoms with van der Waals surface area (Å²) in [6.45, 7) is 8.49. The maximum absolute atomic E-state index is 3.71. The predicted octanol–water partition coefficient (Wildman–Crippen LogP) is 3.56. The van der Waals surface area contributed by atoms with E-state index in [1.165, 1.54) is 77.4 Å². The minimum atomic E-state index is 0.539. The van der Waals surface area contributed by atoms with Crippen LogP contribution in [0.1, 0.15) is 71.6 Å². The van der Waals surface area contributed by atoms with Gasteiger partial charge in [-0.05, 0) is 32.7 Å². The Kier molecular flexibility index (Phi) is 5.50. The molecule has 0 aromatic heterocycles.